The smallest absolute Gasteiger partial charge is 0.309 e. The number of nitrogens with zero attached hydrogens (tertiary/aromatic N) is 2. The monoisotopic (exact) mass is 288 g/mol. The second kappa shape index (κ2) is 5.79. The zero-order valence-corrected chi connectivity index (χ0v) is 10.5. The molecule has 5 nitrogen and oxygen atoms in total. The SMILES string of the molecule is CCC(CBr)Cn1cccc([N+](=O)[O-])c1=O. The van der Waals surface area contributed by atoms with Crippen LogP contribution in [-0.2, 0) is 6.54 Å². The second-order valence-corrected chi connectivity index (χ2v) is 4.18. The molecule has 1 aromatic heterocycles. The summed E-state index contributed by atoms with van der Waals surface area (Å²) in [6.07, 6.45) is 2.50. The van der Waals surface area contributed by atoms with Crippen LogP contribution in [0.4, 0.5) is 5.69 Å². The maximum atomic E-state index is 11.7. The zero-order chi connectivity index (χ0) is 12.1. The Hall–Kier alpha value is -1.17. The molecule has 1 aromatic rings. The van der Waals surface area contributed by atoms with Crippen LogP contribution in [0.5, 0.6) is 0 Å². The van der Waals surface area contributed by atoms with Crippen molar-refractivity contribution in [2.24, 2.45) is 5.92 Å². The van der Waals surface area contributed by atoms with Gasteiger partial charge in [0.25, 0.3) is 0 Å². The maximum absolute atomic E-state index is 11.7. The Morgan fingerprint density at radius 2 is 2.31 bits per heavy atom. The van der Waals surface area contributed by atoms with Gasteiger partial charge in [-0.05, 0) is 12.0 Å². The first kappa shape index (κ1) is 12.9. The molecule has 1 rings (SSSR count). The summed E-state index contributed by atoms with van der Waals surface area (Å²) < 4.78 is 1.40. The minimum absolute atomic E-state index is 0.305. The lowest BCUT2D eigenvalue weighted by molar-refractivity contribution is -0.386. The molecule has 0 aliphatic carbocycles. The summed E-state index contributed by atoms with van der Waals surface area (Å²) in [6.45, 7) is 2.52. The van der Waals surface area contributed by atoms with E-state index in [0.717, 1.165) is 11.8 Å². The summed E-state index contributed by atoms with van der Waals surface area (Å²) >= 11 is 3.36. The lowest BCUT2D eigenvalue weighted by Gasteiger charge is -2.12. The molecule has 0 N–H and O–H groups in total. The molecule has 6 heteroatoms. The van der Waals surface area contributed by atoms with Gasteiger partial charge in [0.05, 0.1) is 4.92 Å². The van der Waals surface area contributed by atoms with E-state index < -0.39 is 10.5 Å². The summed E-state index contributed by atoms with van der Waals surface area (Å²) in [7, 11) is 0. The maximum Gasteiger partial charge on any atom is 0.334 e. The molecule has 88 valence electrons. The van der Waals surface area contributed by atoms with E-state index in [0.29, 0.717) is 12.5 Å². The number of aromatic nitrogens is 1. The largest absolute Gasteiger partial charge is 0.334 e. The average molecular weight is 289 g/mol. The van der Waals surface area contributed by atoms with Gasteiger partial charge in [0.15, 0.2) is 0 Å². The van der Waals surface area contributed by atoms with Crippen LogP contribution in [-0.4, -0.2) is 14.8 Å². The number of halogens is 1. The molecule has 0 saturated carbocycles. The molecule has 0 radical (unpaired) electrons. The molecule has 1 atom stereocenters. The second-order valence-electron chi connectivity index (χ2n) is 3.54. The molecular formula is C10H13BrN2O3. The number of pyridine rings is 1. The van der Waals surface area contributed by atoms with Crippen molar-refractivity contribution in [1.29, 1.82) is 0 Å². The predicted octanol–water partition coefficient (Wildman–Crippen LogP) is 2.18. The van der Waals surface area contributed by atoms with Gasteiger partial charge in [-0.3, -0.25) is 14.9 Å². The first-order chi connectivity index (χ1) is 7.60. The van der Waals surface area contributed by atoms with Gasteiger partial charge in [-0.2, -0.15) is 0 Å². The highest BCUT2D eigenvalue weighted by molar-refractivity contribution is 9.09. The number of hydrogen-bond acceptors (Lipinski definition) is 3. The quantitative estimate of drug-likeness (QED) is 0.474. The van der Waals surface area contributed by atoms with Crippen LogP contribution in [0.1, 0.15) is 13.3 Å². The van der Waals surface area contributed by atoms with Crippen LogP contribution in [0.25, 0.3) is 0 Å². The van der Waals surface area contributed by atoms with Gasteiger partial charge in [0.1, 0.15) is 0 Å². The molecule has 0 saturated heterocycles. The Balaban J connectivity index is 3.02. The van der Waals surface area contributed by atoms with Crippen molar-refractivity contribution in [3.05, 3.63) is 38.8 Å². The van der Waals surface area contributed by atoms with Gasteiger partial charge in [-0.15, -0.1) is 0 Å². The summed E-state index contributed by atoms with van der Waals surface area (Å²) in [5.74, 6) is 0.305. The van der Waals surface area contributed by atoms with E-state index >= 15 is 0 Å². The summed E-state index contributed by atoms with van der Waals surface area (Å²) in [5.41, 5.74) is -0.904. The third kappa shape index (κ3) is 2.91. The molecule has 0 aliphatic heterocycles. The Bertz CT molecular complexity index is 426. The number of nitro groups is 1. The predicted molar refractivity (Wildman–Crippen MR) is 64.9 cm³/mol. The third-order valence-corrected chi connectivity index (χ3v) is 3.36. The van der Waals surface area contributed by atoms with E-state index in [4.69, 9.17) is 0 Å². The van der Waals surface area contributed by atoms with E-state index in [-0.39, 0.29) is 5.69 Å². The van der Waals surface area contributed by atoms with Crippen LogP contribution in [0, 0.1) is 16.0 Å². The van der Waals surface area contributed by atoms with Crippen molar-refractivity contribution >= 4 is 21.6 Å². The van der Waals surface area contributed by atoms with Gasteiger partial charge in [-0.1, -0.05) is 29.3 Å². The van der Waals surface area contributed by atoms with Gasteiger partial charge in [-0.25, -0.2) is 0 Å². The fraction of sp³-hybridized carbons (Fsp3) is 0.500. The Morgan fingerprint density at radius 1 is 1.62 bits per heavy atom. The van der Waals surface area contributed by atoms with E-state index in [1.165, 1.54) is 16.7 Å². The summed E-state index contributed by atoms with van der Waals surface area (Å²) in [6, 6.07) is 2.76. The standard InChI is InChI=1S/C10H13BrN2O3/c1-2-8(6-11)7-12-5-3-4-9(10(12)14)13(15)16/h3-5,8H,2,6-7H2,1H3. The molecular weight excluding hydrogens is 276 g/mol. The van der Waals surface area contributed by atoms with E-state index in [1.807, 2.05) is 6.92 Å². The highest BCUT2D eigenvalue weighted by Crippen LogP contribution is 2.10. The van der Waals surface area contributed by atoms with Crippen molar-refractivity contribution < 1.29 is 4.92 Å². The molecule has 0 fully saturated rings. The first-order valence-corrected chi connectivity index (χ1v) is 6.12. The molecule has 0 amide bonds. The van der Waals surface area contributed by atoms with Crippen molar-refractivity contribution in [2.45, 2.75) is 19.9 Å². The Morgan fingerprint density at radius 3 is 2.81 bits per heavy atom. The van der Waals surface area contributed by atoms with Gasteiger partial charge < -0.3 is 4.57 Å². The van der Waals surface area contributed by atoms with Crippen LogP contribution in [0.2, 0.25) is 0 Å². The highest BCUT2D eigenvalue weighted by atomic mass is 79.9. The van der Waals surface area contributed by atoms with Crippen LogP contribution >= 0.6 is 15.9 Å². The normalized spacial score (nSPS) is 12.4. The van der Waals surface area contributed by atoms with Crippen LogP contribution in [0.3, 0.4) is 0 Å². The van der Waals surface area contributed by atoms with E-state index in [1.54, 1.807) is 6.20 Å². The average Bonchev–Trinajstić information content (AvgIpc) is 2.27. The molecule has 16 heavy (non-hydrogen) atoms. The highest BCUT2D eigenvalue weighted by Gasteiger charge is 2.15. The first-order valence-electron chi connectivity index (χ1n) is 5.00. The molecule has 0 bridgehead atoms. The van der Waals surface area contributed by atoms with E-state index in [2.05, 4.69) is 15.9 Å². The van der Waals surface area contributed by atoms with Crippen molar-refractivity contribution in [2.75, 3.05) is 5.33 Å². The van der Waals surface area contributed by atoms with E-state index in [9.17, 15) is 14.9 Å². The fourth-order valence-corrected chi connectivity index (χ4v) is 2.03. The summed E-state index contributed by atoms with van der Waals surface area (Å²) in [5, 5.41) is 11.4. The Kier molecular flexibility index (Phi) is 4.67. The minimum atomic E-state index is -0.645. The fourth-order valence-electron chi connectivity index (χ4n) is 1.37. The summed E-state index contributed by atoms with van der Waals surface area (Å²) in [4.78, 5) is 21.6. The molecule has 0 aromatic carbocycles. The van der Waals surface area contributed by atoms with Gasteiger partial charge in [0.2, 0.25) is 0 Å². The van der Waals surface area contributed by atoms with Gasteiger partial charge in [0, 0.05) is 24.1 Å². The Labute approximate surface area is 101 Å². The number of alkyl halides is 1. The minimum Gasteiger partial charge on any atom is -0.309 e. The van der Waals surface area contributed by atoms with Gasteiger partial charge >= 0.3 is 11.2 Å². The zero-order valence-electron chi connectivity index (χ0n) is 8.93. The van der Waals surface area contributed by atoms with Crippen molar-refractivity contribution in [3.63, 3.8) is 0 Å². The molecule has 0 spiro atoms. The number of hydrogen-bond donors (Lipinski definition) is 0. The molecule has 1 heterocycles. The van der Waals surface area contributed by atoms with Crippen molar-refractivity contribution in [1.82, 2.24) is 4.57 Å². The van der Waals surface area contributed by atoms with Crippen molar-refractivity contribution in [3.8, 4) is 0 Å². The number of rotatable bonds is 5. The lowest BCUT2D eigenvalue weighted by atomic mass is 10.1. The lowest BCUT2D eigenvalue weighted by Crippen LogP contribution is -2.25. The third-order valence-electron chi connectivity index (χ3n) is 2.45. The molecule has 1 unspecified atom stereocenters. The van der Waals surface area contributed by atoms with Crippen LogP contribution < -0.4 is 5.56 Å². The topological polar surface area (TPSA) is 65.1 Å². The molecule has 0 aliphatic rings. The van der Waals surface area contributed by atoms with Crippen LogP contribution in [0.15, 0.2) is 23.1 Å².